The molecule has 0 unspecified atom stereocenters. The molecule has 2 N–H and O–H groups in total. The molecule has 1 aliphatic heterocycles. The van der Waals surface area contributed by atoms with E-state index in [4.69, 9.17) is 0 Å². The number of hydrogen-bond acceptors (Lipinski definition) is 2. The molecule has 4 rings (SSSR count). The first-order valence-electron chi connectivity index (χ1n) is 11.1. The minimum Gasteiger partial charge on any atom is -0.331 e. The Morgan fingerprint density at radius 1 is 1.14 bits per heavy atom. The number of piperazine rings is 1. The van der Waals surface area contributed by atoms with Gasteiger partial charge in [0.1, 0.15) is 0 Å². The number of amides is 2. The van der Waals surface area contributed by atoms with Crippen molar-refractivity contribution >= 4 is 17.5 Å². The number of para-hydroxylation sites is 1. The third kappa shape index (κ3) is 4.40. The second-order valence-corrected chi connectivity index (χ2v) is 9.01. The van der Waals surface area contributed by atoms with E-state index in [0.29, 0.717) is 18.4 Å². The van der Waals surface area contributed by atoms with Crippen LogP contribution in [0.4, 0.5) is 5.69 Å². The zero-order valence-corrected chi connectivity index (χ0v) is 17.1. The molecule has 152 valence electrons. The summed E-state index contributed by atoms with van der Waals surface area (Å²) in [5.41, 5.74) is 2.09. The van der Waals surface area contributed by atoms with Crippen LogP contribution in [0.5, 0.6) is 0 Å². The summed E-state index contributed by atoms with van der Waals surface area (Å²) in [6, 6.07) is 8.00. The van der Waals surface area contributed by atoms with Crippen LogP contribution in [0.1, 0.15) is 44.6 Å². The normalized spacial score (nSPS) is 27.2. The molecule has 28 heavy (non-hydrogen) atoms. The third-order valence-electron chi connectivity index (χ3n) is 7.23. The molecule has 0 radical (unpaired) electrons. The number of benzene rings is 1. The van der Waals surface area contributed by atoms with Crippen LogP contribution < -0.4 is 10.2 Å². The molecule has 3 atom stereocenters. The van der Waals surface area contributed by atoms with Gasteiger partial charge in [0.2, 0.25) is 5.91 Å². The topological polar surface area (TPSA) is 53.9 Å². The largest absolute Gasteiger partial charge is 0.331 e. The van der Waals surface area contributed by atoms with Crippen LogP contribution in [-0.4, -0.2) is 49.4 Å². The molecule has 0 spiro atoms. The summed E-state index contributed by atoms with van der Waals surface area (Å²) in [6.07, 6.45) is 7.05. The average Bonchev–Trinajstić information content (AvgIpc) is 3.32. The average molecular weight is 385 g/mol. The quantitative estimate of drug-likeness (QED) is 0.785. The number of nitrogens with zero attached hydrogens (tertiary/aromatic N) is 1. The van der Waals surface area contributed by atoms with Gasteiger partial charge in [-0.2, -0.15) is 0 Å². The molecule has 5 heteroatoms. The number of quaternary nitrogens is 1. The first-order valence-corrected chi connectivity index (χ1v) is 11.1. The Bertz CT molecular complexity index is 712. The Kier molecular flexibility index (Phi) is 6.00. The highest BCUT2D eigenvalue weighted by molar-refractivity contribution is 5.92. The van der Waals surface area contributed by atoms with E-state index in [1.165, 1.54) is 36.1 Å². The molecule has 2 aliphatic carbocycles. The summed E-state index contributed by atoms with van der Waals surface area (Å²) < 4.78 is 0. The molecule has 2 saturated carbocycles. The van der Waals surface area contributed by atoms with Crippen LogP contribution in [-0.2, 0) is 16.0 Å². The van der Waals surface area contributed by atoms with Crippen molar-refractivity contribution in [3.8, 4) is 0 Å². The van der Waals surface area contributed by atoms with Gasteiger partial charge in [0.05, 0.1) is 26.2 Å². The van der Waals surface area contributed by atoms with Crippen LogP contribution in [0.3, 0.4) is 0 Å². The lowest BCUT2D eigenvalue weighted by Gasteiger charge is -2.33. The van der Waals surface area contributed by atoms with Gasteiger partial charge in [-0.1, -0.05) is 31.5 Å². The molecule has 2 amide bonds. The van der Waals surface area contributed by atoms with E-state index in [-0.39, 0.29) is 5.91 Å². The van der Waals surface area contributed by atoms with E-state index in [2.05, 4.69) is 18.3 Å². The van der Waals surface area contributed by atoms with Gasteiger partial charge in [0, 0.05) is 12.1 Å². The van der Waals surface area contributed by atoms with E-state index in [1.807, 2.05) is 23.1 Å². The number of anilines is 1. The first-order chi connectivity index (χ1) is 13.6. The number of carbonyl (C=O) groups is 2. The SMILES string of the molecule is CCc1ccccc1NC(=O)C[NH+]1CCN(C(=O)C[C@H]2C[C@H]3CC[C@@H]2C3)CC1. The van der Waals surface area contributed by atoms with Crippen LogP contribution in [0.25, 0.3) is 0 Å². The zero-order valence-electron chi connectivity index (χ0n) is 17.1. The molecule has 0 aromatic heterocycles. The minimum atomic E-state index is 0.0673. The predicted octanol–water partition coefficient (Wildman–Crippen LogP) is 1.74. The van der Waals surface area contributed by atoms with Gasteiger partial charge in [0.15, 0.2) is 6.54 Å². The third-order valence-corrected chi connectivity index (χ3v) is 7.23. The maximum absolute atomic E-state index is 12.7. The highest BCUT2D eigenvalue weighted by Crippen LogP contribution is 2.49. The summed E-state index contributed by atoms with van der Waals surface area (Å²) >= 11 is 0. The Balaban J connectivity index is 1.20. The van der Waals surface area contributed by atoms with Crippen molar-refractivity contribution in [2.45, 2.75) is 45.4 Å². The highest BCUT2D eigenvalue weighted by Gasteiger charge is 2.41. The Hall–Kier alpha value is -1.88. The fraction of sp³-hybridized carbons (Fsp3) is 0.652. The van der Waals surface area contributed by atoms with Crippen LogP contribution in [0.15, 0.2) is 24.3 Å². The lowest BCUT2D eigenvalue weighted by molar-refractivity contribution is -0.895. The number of aryl methyl sites for hydroxylation is 1. The van der Waals surface area contributed by atoms with Crippen molar-refractivity contribution in [2.24, 2.45) is 17.8 Å². The van der Waals surface area contributed by atoms with E-state index < -0.39 is 0 Å². The number of nitrogens with one attached hydrogen (secondary N) is 2. The standard InChI is InChI=1S/C23H33N3O2/c1-2-18-5-3-4-6-21(18)24-22(27)16-25-9-11-26(12-10-25)23(28)15-20-14-17-7-8-19(20)13-17/h3-6,17,19-20H,2,7-16H2,1H3,(H,24,27)/p+1/t17-,19+,20+/m0/s1. The monoisotopic (exact) mass is 384 g/mol. The maximum Gasteiger partial charge on any atom is 0.279 e. The van der Waals surface area contributed by atoms with Crippen molar-refractivity contribution in [3.63, 3.8) is 0 Å². The molecule has 1 saturated heterocycles. The summed E-state index contributed by atoms with van der Waals surface area (Å²) in [4.78, 5) is 28.5. The Morgan fingerprint density at radius 3 is 2.61 bits per heavy atom. The minimum absolute atomic E-state index is 0.0673. The van der Waals surface area contributed by atoms with Crippen LogP contribution in [0.2, 0.25) is 0 Å². The van der Waals surface area contributed by atoms with E-state index in [9.17, 15) is 9.59 Å². The van der Waals surface area contributed by atoms with Crippen molar-refractivity contribution in [1.82, 2.24) is 4.90 Å². The van der Waals surface area contributed by atoms with Crippen molar-refractivity contribution in [3.05, 3.63) is 29.8 Å². The molecule has 1 aromatic rings. The fourth-order valence-corrected chi connectivity index (χ4v) is 5.60. The summed E-state index contributed by atoms with van der Waals surface area (Å²) in [5, 5.41) is 3.07. The highest BCUT2D eigenvalue weighted by atomic mass is 16.2. The fourth-order valence-electron chi connectivity index (χ4n) is 5.60. The molecule has 1 heterocycles. The number of hydrogen-bond donors (Lipinski definition) is 2. The van der Waals surface area contributed by atoms with Gasteiger partial charge in [-0.15, -0.1) is 0 Å². The van der Waals surface area contributed by atoms with Crippen molar-refractivity contribution in [2.75, 3.05) is 38.0 Å². The van der Waals surface area contributed by atoms with E-state index in [0.717, 1.165) is 56.5 Å². The molecule has 1 aromatic carbocycles. The number of rotatable bonds is 6. The first kappa shape index (κ1) is 19.4. The van der Waals surface area contributed by atoms with Gasteiger partial charge in [-0.25, -0.2) is 0 Å². The maximum atomic E-state index is 12.7. The second kappa shape index (κ2) is 8.64. The smallest absolute Gasteiger partial charge is 0.279 e. The van der Waals surface area contributed by atoms with Gasteiger partial charge in [-0.3, -0.25) is 9.59 Å². The molecule has 3 aliphatic rings. The van der Waals surface area contributed by atoms with Crippen LogP contribution >= 0.6 is 0 Å². The molecular weight excluding hydrogens is 350 g/mol. The lowest BCUT2D eigenvalue weighted by Crippen LogP contribution is -3.15. The summed E-state index contributed by atoms with van der Waals surface area (Å²) in [5.74, 6) is 2.77. The van der Waals surface area contributed by atoms with Gasteiger partial charge in [-0.05, 0) is 55.1 Å². The van der Waals surface area contributed by atoms with E-state index >= 15 is 0 Å². The molecular formula is C23H34N3O2+. The van der Waals surface area contributed by atoms with Gasteiger partial charge in [0.25, 0.3) is 5.91 Å². The van der Waals surface area contributed by atoms with Gasteiger partial charge < -0.3 is 15.1 Å². The number of fused-ring (bicyclic) bond motifs is 2. The number of carbonyl (C=O) groups excluding carboxylic acids is 2. The molecule has 5 nitrogen and oxygen atoms in total. The lowest BCUT2D eigenvalue weighted by atomic mass is 9.86. The second-order valence-electron chi connectivity index (χ2n) is 9.01. The Morgan fingerprint density at radius 2 is 1.93 bits per heavy atom. The summed E-state index contributed by atoms with van der Waals surface area (Å²) in [7, 11) is 0. The van der Waals surface area contributed by atoms with Gasteiger partial charge >= 0.3 is 0 Å². The predicted molar refractivity (Wildman–Crippen MR) is 110 cm³/mol. The van der Waals surface area contributed by atoms with Crippen LogP contribution in [0, 0.1) is 17.8 Å². The Labute approximate surface area is 168 Å². The molecule has 2 bridgehead atoms. The van der Waals surface area contributed by atoms with Crippen molar-refractivity contribution < 1.29 is 14.5 Å². The summed E-state index contributed by atoms with van der Waals surface area (Å²) in [6.45, 7) is 5.88. The van der Waals surface area contributed by atoms with E-state index in [1.54, 1.807) is 0 Å². The van der Waals surface area contributed by atoms with Crippen molar-refractivity contribution in [1.29, 1.82) is 0 Å². The zero-order chi connectivity index (χ0) is 19.5. The molecule has 3 fully saturated rings.